The van der Waals surface area contributed by atoms with Gasteiger partial charge in [0.05, 0.1) is 5.56 Å². The molecule has 0 aliphatic carbocycles. The second-order valence-electron chi connectivity index (χ2n) is 8.06. The molecule has 1 N–H and O–H groups in total. The number of hydrogen-bond acceptors (Lipinski definition) is 1. The van der Waals surface area contributed by atoms with Gasteiger partial charge in [-0.1, -0.05) is 36.4 Å². The minimum absolute atomic E-state index is 0.236. The summed E-state index contributed by atoms with van der Waals surface area (Å²) >= 11 is 0. The molecule has 0 saturated carbocycles. The second-order valence-corrected chi connectivity index (χ2v) is 8.06. The van der Waals surface area contributed by atoms with Crippen LogP contribution in [0.3, 0.4) is 0 Å². The molecule has 3 aromatic rings. The van der Waals surface area contributed by atoms with Crippen LogP contribution in [-0.2, 0) is 12.6 Å². The van der Waals surface area contributed by atoms with Crippen molar-refractivity contribution in [3.8, 4) is 0 Å². The molecule has 1 saturated heterocycles. The van der Waals surface area contributed by atoms with Crippen molar-refractivity contribution in [2.75, 3.05) is 19.6 Å². The van der Waals surface area contributed by atoms with E-state index >= 15 is 0 Å². The van der Waals surface area contributed by atoms with Crippen LogP contribution in [-0.4, -0.2) is 29.5 Å². The van der Waals surface area contributed by atoms with E-state index in [0.29, 0.717) is 0 Å². The van der Waals surface area contributed by atoms with E-state index in [9.17, 15) is 13.2 Å². The van der Waals surface area contributed by atoms with Gasteiger partial charge in [-0.05, 0) is 80.9 Å². The Bertz CT molecular complexity index is 936. The van der Waals surface area contributed by atoms with E-state index in [1.807, 2.05) is 12.1 Å². The van der Waals surface area contributed by atoms with Gasteiger partial charge in [-0.2, -0.15) is 13.2 Å². The van der Waals surface area contributed by atoms with Crippen molar-refractivity contribution in [1.82, 2.24) is 9.88 Å². The molecule has 0 bridgehead atoms. The van der Waals surface area contributed by atoms with Gasteiger partial charge in [0, 0.05) is 17.1 Å². The lowest BCUT2D eigenvalue weighted by Crippen LogP contribution is -2.33. The maximum Gasteiger partial charge on any atom is 0.416 e. The molecule has 1 fully saturated rings. The zero-order valence-corrected chi connectivity index (χ0v) is 16.5. The van der Waals surface area contributed by atoms with Crippen molar-refractivity contribution in [1.29, 1.82) is 0 Å². The molecule has 1 aromatic heterocycles. The van der Waals surface area contributed by atoms with Gasteiger partial charge in [-0.25, -0.2) is 0 Å². The number of unbranched alkanes of at least 4 members (excludes halogenated alkanes) is 1. The zero-order chi connectivity index (χ0) is 20.3. The summed E-state index contributed by atoms with van der Waals surface area (Å²) in [6.45, 7) is 3.00. The van der Waals surface area contributed by atoms with Crippen LogP contribution < -0.4 is 0 Å². The van der Waals surface area contributed by atoms with Gasteiger partial charge in [-0.3, -0.25) is 0 Å². The Morgan fingerprint density at radius 1 is 0.966 bits per heavy atom. The molecule has 0 unspecified atom stereocenters. The predicted molar refractivity (Wildman–Crippen MR) is 111 cm³/mol. The fourth-order valence-corrected chi connectivity index (χ4v) is 4.45. The number of nitrogens with one attached hydrogen (secondary N) is 1. The highest BCUT2D eigenvalue weighted by Crippen LogP contribution is 2.34. The molecule has 0 atom stereocenters. The third-order valence-electron chi connectivity index (χ3n) is 6.12. The molecule has 0 spiro atoms. The molecule has 2 aromatic carbocycles. The second kappa shape index (κ2) is 8.62. The Morgan fingerprint density at radius 3 is 2.55 bits per heavy atom. The molecular formula is C24H27F3N2. The number of aryl methyl sites for hydroxylation is 1. The molecule has 154 valence electrons. The van der Waals surface area contributed by atoms with Crippen LogP contribution in [0.15, 0.2) is 54.7 Å². The molecule has 0 amide bonds. The zero-order valence-electron chi connectivity index (χ0n) is 16.5. The SMILES string of the molecule is FC(F)(F)c1cccc(C2CCN(CCCCc3c[nH]c4ccccc34)CC2)c1. The van der Waals surface area contributed by atoms with E-state index in [4.69, 9.17) is 0 Å². The van der Waals surface area contributed by atoms with Crippen molar-refractivity contribution in [2.24, 2.45) is 0 Å². The summed E-state index contributed by atoms with van der Waals surface area (Å²) in [5, 5.41) is 1.31. The lowest BCUT2D eigenvalue weighted by Gasteiger charge is -2.32. The Morgan fingerprint density at radius 2 is 1.76 bits per heavy atom. The van der Waals surface area contributed by atoms with Crippen LogP contribution >= 0.6 is 0 Å². The molecule has 2 heterocycles. The maximum absolute atomic E-state index is 12.9. The molecule has 4 rings (SSSR count). The lowest BCUT2D eigenvalue weighted by atomic mass is 9.88. The van der Waals surface area contributed by atoms with E-state index in [-0.39, 0.29) is 5.92 Å². The number of piperidine rings is 1. The number of hydrogen-bond donors (Lipinski definition) is 1. The van der Waals surface area contributed by atoms with Crippen LogP contribution in [0.1, 0.15) is 48.3 Å². The van der Waals surface area contributed by atoms with Gasteiger partial charge < -0.3 is 9.88 Å². The first-order chi connectivity index (χ1) is 14.0. The van der Waals surface area contributed by atoms with Gasteiger partial charge in [0.2, 0.25) is 0 Å². The lowest BCUT2D eigenvalue weighted by molar-refractivity contribution is -0.137. The fraction of sp³-hybridized carbons (Fsp3) is 0.417. The van der Waals surface area contributed by atoms with Crippen LogP contribution in [0.5, 0.6) is 0 Å². The van der Waals surface area contributed by atoms with Crippen molar-refractivity contribution in [3.63, 3.8) is 0 Å². The fourth-order valence-electron chi connectivity index (χ4n) is 4.45. The number of fused-ring (bicyclic) bond motifs is 1. The van der Waals surface area contributed by atoms with E-state index < -0.39 is 11.7 Å². The molecular weight excluding hydrogens is 373 g/mol. The Kier molecular flexibility index (Phi) is 5.95. The first-order valence-corrected chi connectivity index (χ1v) is 10.5. The minimum Gasteiger partial charge on any atom is -0.361 e. The number of para-hydroxylation sites is 1. The Labute approximate surface area is 169 Å². The summed E-state index contributed by atoms with van der Waals surface area (Å²) in [7, 11) is 0. The van der Waals surface area contributed by atoms with Crippen LogP contribution in [0.4, 0.5) is 13.2 Å². The number of rotatable bonds is 6. The molecule has 0 radical (unpaired) electrons. The number of alkyl halides is 3. The third kappa shape index (κ3) is 4.84. The maximum atomic E-state index is 12.9. The number of aromatic amines is 1. The van der Waals surface area contributed by atoms with E-state index in [0.717, 1.165) is 63.4 Å². The number of benzene rings is 2. The number of halogens is 3. The number of nitrogens with zero attached hydrogens (tertiary/aromatic N) is 1. The summed E-state index contributed by atoms with van der Waals surface area (Å²) in [5.41, 5.74) is 2.87. The van der Waals surface area contributed by atoms with Gasteiger partial charge in [0.1, 0.15) is 0 Å². The quantitative estimate of drug-likeness (QED) is 0.475. The van der Waals surface area contributed by atoms with Crippen LogP contribution in [0.2, 0.25) is 0 Å². The van der Waals surface area contributed by atoms with Gasteiger partial charge in [-0.15, -0.1) is 0 Å². The number of aromatic nitrogens is 1. The van der Waals surface area contributed by atoms with Gasteiger partial charge in [0.25, 0.3) is 0 Å². The predicted octanol–water partition coefficient (Wildman–Crippen LogP) is 6.39. The van der Waals surface area contributed by atoms with Crippen molar-refractivity contribution in [2.45, 2.75) is 44.2 Å². The summed E-state index contributed by atoms with van der Waals surface area (Å²) in [4.78, 5) is 5.79. The van der Waals surface area contributed by atoms with Crippen LogP contribution in [0, 0.1) is 0 Å². The minimum atomic E-state index is -4.26. The smallest absolute Gasteiger partial charge is 0.361 e. The molecule has 2 nitrogen and oxygen atoms in total. The number of H-pyrrole nitrogens is 1. The summed E-state index contributed by atoms with van der Waals surface area (Å²) in [6.07, 6.45) is 3.09. The largest absolute Gasteiger partial charge is 0.416 e. The highest BCUT2D eigenvalue weighted by molar-refractivity contribution is 5.82. The summed E-state index contributed by atoms with van der Waals surface area (Å²) in [5.74, 6) is 0.236. The normalized spacial score (nSPS) is 16.5. The monoisotopic (exact) mass is 400 g/mol. The molecule has 29 heavy (non-hydrogen) atoms. The Balaban J connectivity index is 1.22. The van der Waals surface area contributed by atoms with E-state index in [1.54, 1.807) is 0 Å². The highest BCUT2D eigenvalue weighted by atomic mass is 19.4. The highest BCUT2D eigenvalue weighted by Gasteiger charge is 2.31. The molecule has 5 heteroatoms. The Hall–Kier alpha value is -2.27. The molecule has 1 aliphatic rings. The number of likely N-dealkylation sites (tertiary alicyclic amines) is 1. The first-order valence-electron chi connectivity index (χ1n) is 10.5. The van der Waals surface area contributed by atoms with Crippen molar-refractivity contribution < 1.29 is 13.2 Å². The first kappa shape index (κ1) is 20.0. The van der Waals surface area contributed by atoms with Gasteiger partial charge in [0.15, 0.2) is 0 Å². The summed E-state index contributed by atoms with van der Waals surface area (Å²) in [6, 6.07) is 14.3. The van der Waals surface area contributed by atoms with Crippen molar-refractivity contribution in [3.05, 3.63) is 71.4 Å². The van der Waals surface area contributed by atoms with Crippen LogP contribution in [0.25, 0.3) is 10.9 Å². The third-order valence-corrected chi connectivity index (χ3v) is 6.12. The standard InChI is InChI=1S/C24H27F3N2/c25-24(26,27)21-8-5-7-19(16-21)18-11-14-29(15-12-18)13-4-3-6-20-17-28-23-10-2-1-9-22(20)23/h1-2,5,7-10,16-18,28H,3-4,6,11-15H2. The summed E-state index contributed by atoms with van der Waals surface area (Å²) < 4.78 is 38.8. The average Bonchev–Trinajstić information content (AvgIpc) is 3.14. The van der Waals surface area contributed by atoms with Gasteiger partial charge >= 0.3 is 6.18 Å². The van der Waals surface area contributed by atoms with E-state index in [2.05, 4.69) is 34.3 Å². The van der Waals surface area contributed by atoms with Crippen molar-refractivity contribution >= 4 is 10.9 Å². The van der Waals surface area contributed by atoms with E-state index in [1.165, 1.54) is 28.6 Å². The topological polar surface area (TPSA) is 19.0 Å². The average molecular weight is 400 g/mol. The molecule has 1 aliphatic heterocycles.